The zero-order valence-electron chi connectivity index (χ0n) is 16.8. The number of carbonyl (C=O) groups excluding carboxylic acids is 1. The van der Waals surface area contributed by atoms with Gasteiger partial charge in [0.25, 0.3) is 5.89 Å². The van der Waals surface area contributed by atoms with E-state index in [0.29, 0.717) is 31.2 Å². The topological polar surface area (TPSA) is 71.7 Å². The molecule has 1 atom stereocenters. The van der Waals surface area contributed by atoms with Crippen molar-refractivity contribution in [1.29, 1.82) is 0 Å². The Morgan fingerprint density at radius 1 is 1.21 bits per heavy atom. The van der Waals surface area contributed by atoms with Crippen molar-refractivity contribution in [2.24, 2.45) is 0 Å². The Morgan fingerprint density at radius 2 is 2.03 bits per heavy atom. The Labute approximate surface area is 169 Å². The molecule has 1 aliphatic rings. The zero-order chi connectivity index (χ0) is 20.4. The van der Waals surface area contributed by atoms with Gasteiger partial charge in [0.05, 0.1) is 7.11 Å². The first-order valence-corrected chi connectivity index (χ1v) is 9.55. The molecule has 0 radical (unpaired) electrons. The average Bonchev–Trinajstić information content (AvgIpc) is 3.36. The fraction of sp³-hybridized carbons (Fsp3) is 0.318. The van der Waals surface area contributed by atoms with Gasteiger partial charge in [-0.2, -0.15) is 4.98 Å². The van der Waals surface area contributed by atoms with Crippen LogP contribution in [0.5, 0.6) is 5.75 Å². The second-order valence-electron chi connectivity index (χ2n) is 7.43. The van der Waals surface area contributed by atoms with Crippen LogP contribution < -0.4 is 9.64 Å². The molecule has 3 aromatic rings. The standard InChI is InChI=1S/C22H24N4O3/c1-25(2)18-8-5-7-16(11-18)22-23-21(24-29-22)17-12-20(27)26(14-17)13-15-6-4-9-19(10-15)28-3/h4-11,17H,12-14H2,1-3H3. The molecule has 0 spiro atoms. The van der Waals surface area contributed by atoms with E-state index in [-0.39, 0.29) is 11.8 Å². The fourth-order valence-corrected chi connectivity index (χ4v) is 3.52. The predicted octanol–water partition coefficient (Wildman–Crippen LogP) is 3.33. The molecule has 150 valence electrons. The quantitative estimate of drug-likeness (QED) is 0.641. The minimum Gasteiger partial charge on any atom is -0.497 e. The Morgan fingerprint density at radius 3 is 2.83 bits per heavy atom. The molecule has 0 N–H and O–H groups in total. The van der Waals surface area contributed by atoms with Crippen LogP contribution in [0.4, 0.5) is 5.69 Å². The lowest BCUT2D eigenvalue weighted by Gasteiger charge is -2.16. The first-order chi connectivity index (χ1) is 14.0. The van der Waals surface area contributed by atoms with E-state index in [1.807, 2.05) is 72.4 Å². The third-order valence-electron chi connectivity index (χ3n) is 5.14. The summed E-state index contributed by atoms with van der Waals surface area (Å²) in [7, 11) is 5.61. The second-order valence-corrected chi connectivity index (χ2v) is 7.43. The molecular weight excluding hydrogens is 368 g/mol. The highest BCUT2D eigenvalue weighted by Gasteiger charge is 2.33. The van der Waals surface area contributed by atoms with E-state index >= 15 is 0 Å². The number of benzene rings is 2. The van der Waals surface area contributed by atoms with Crippen LogP contribution in [0.1, 0.15) is 23.7 Å². The Bertz CT molecular complexity index is 1010. The highest BCUT2D eigenvalue weighted by atomic mass is 16.5. The average molecular weight is 392 g/mol. The van der Waals surface area contributed by atoms with E-state index < -0.39 is 0 Å². The number of methoxy groups -OCH3 is 1. The Balaban J connectivity index is 1.47. The smallest absolute Gasteiger partial charge is 0.258 e. The molecule has 7 nitrogen and oxygen atoms in total. The van der Waals surface area contributed by atoms with Gasteiger partial charge in [-0.15, -0.1) is 0 Å². The lowest BCUT2D eigenvalue weighted by Crippen LogP contribution is -2.24. The van der Waals surface area contributed by atoms with Gasteiger partial charge < -0.3 is 19.1 Å². The summed E-state index contributed by atoms with van der Waals surface area (Å²) in [6, 6.07) is 15.7. The number of carbonyl (C=O) groups is 1. The van der Waals surface area contributed by atoms with Crippen molar-refractivity contribution in [1.82, 2.24) is 15.0 Å². The number of nitrogens with zero attached hydrogens (tertiary/aromatic N) is 4. The van der Waals surface area contributed by atoms with Gasteiger partial charge in [0.2, 0.25) is 5.91 Å². The number of amides is 1. The van der Waals surface area contributed by atoms with Gasteiger partial charge in [0.1, 0.15) is 5.75 Å². The third kappa shape index (κ3) is 4.08. The number of rotatable bonds is 6. The number of anilines is 1. The van der Waals surface area contributed by atoms with Crippen molar-refractivity contribution in [2.75, 3.05) is 32.6 Å². The minimum absolute atomic E-state index is 0.0670. The monoisotopic (exact) mass is 392 g/mol. The molecule has 4 rings (SSSR count). The molecule has 1 unspecified atom stereocenters. The zero-order valence-corrected chi connectivity index (χ0v) is 16.8. The van der Waals surface area contributed by atoms with Crippen molar-refractivity contribution in [2.45, 2.75) is 18.9 Å². The summed E-state index contributed by atoms with van der Waals surface area (Å²) in [6.45, 7) is 1.12. The van der Waals surface area contributed by atoms with Crippen LogP contribution in [-0.2, 0) is 11.3 Å². The molecule has 1 aliphatic heterocycles. The van der Waals surface area contributed by atoms with Crippen LogP contribution in [0.3, 0.4) is 0 Å². The van der Waals surface area contributed by atoms with Crippen LogP contribution in [-0.4, -0.2) is 48.7 Å². The minimum atomic E-state index is -0.0670. The van der Waals surface area contributed by atoms with Gasteiger partial charge in [0.15, 0.2) is 5.82 Å². The lowest BCUT2D eigenvalue weighted by molar-refractivity contribution is -0.128. The summed E-state index contributed by atoms with van der Waals surface area (Å²) in [5, 5.41) is 4.15. The predicted molar refractivity (Wildman–Crippen MR) is 110 cm³/mol. The van der Waals surface area contributed by atoms with Gasteiger partial charge in [-0.1, -0.05) is 23.4 Å². The van der Waals surface area contributed by atoms with Gasteiger partial charge in [-0.05, 0) is 35.9 Å². The summed E-state index contributed by atoms with van der Waals surface area (Å²) in [4.78, 5) is 20.9. The van der Waals surface area contributed by atoms with Gasteiger partial charge >= 0.3 is 0 Å². The van der Waals surface area contributed by atoms with Gasteiger partial charge in [-0.3, -0.25) is 4.79 Å². The maximum Gasteiger partial charge on any atom is 0.258 e. The van der Waals surface area contributed by atoms with E-state index in [1.54, 1.807) is 7.11 Å². The van der Waals surface area contributed by atoms with E-state index in [2.05, 4.69) is 10.1 Å². The maximum atomic E-state index is 12.5. The first-order valence-electron chi connectivity index (χ1n) is 9.55. The van der Waals surface area contributed by atoms with E-state index in [0.717, 1.165) is 22.6 Å². The molecule has 2 aromatic carbocycles. The Hall–Kier alpha value is -3.35. The van der Waals surface area contributed by atoms with Crippen LogP contribution in [0, 0.1) is 0 Å². The van der Waals surface area contributed by atoms with Crippen molar-refractivity contribution in [3.63, 3.8) is 0 Å². The molecule has 0 aliphatic carbocycles. The summed E-state index contributed by atoms with van der Waals surface area (Å²) in [5.74, 6) is 1.87. The number of likely N-dealkylation sites (tertiary alicyclic amines) is 1. The Kier molecular flexibility index (Phi) is 5.20. The number of ether oxygens (including phenoxy) is 1. The maximum absolute atomic E-state index is 12.5. The molecule has 1 saturated heterocycles. The normalized spacial score (nSPS) is 16.3. The van der Waals surface area contributed by atoms with Gasteiger partial charge in [0, 0.05) is 50.8 Å². The summed E-state index contributed by atoms with van der Waals surface area (Å²) in [6.07, 6.45) is 0.390. The van der Waals surface area contributed by atoms with Crippen molar-refractivity contribution >= 4 is 11.6 Å². The fourth-order valence-electron chi connectivity index (χ4n) is 3.52. The van der Waals surface area contributed by atoms with Crippen LogP contribution in [0.25, 0.3) is 11.5 Å². The molecule has 29 heavy (non-hydrogen) atoms. The second kappa shape index (κ2) is 7.95. The number of hydrogen-bond acceptors (Lipinski definition) is 6. The van der Waals surface area contributed by atoms with E-state index in [4.69, 9.17) is 9.26 Å². The third-order valence-corrected chi connectivity index (χ3v) is 5.14. The van der Waals surface area contributed by atoms with Crippen molar-refractivity contribution in [3.8, 4) is 17.2 Å². The highest BCUT2D eigenvalue weighted by Crippen LogP contribution is 2.30. The largest absolute Gasteiger partial charge is 0.497 e. The van der Waals surface area contributed by atoms with Crippen LogP contribution in [0.2, 0.25) is 0 Å². The molecule has 7 heteroatoms. The van der Waals surface area contributed by atoms with E-state index in [9.17, 15) is 4.79 Å². The molecule has 0 bridgehead atoms. The first kappa shape index (κ1) is 19.0. The van der Waals surface area contributed by atoms with Crippen molar-refractivity contribution in [3.05, 3.63) is 59.9 Å². The molecule has 0 saturated carbocycles. The number of aromatic nitrogens is 2. The molecular formula is C22H24N4O3. The molecule has 2 heterocycles. The van der Waals surface area contributed by atoms with Crippen molar-refractivity contribution < 1.29 is 14.1 Å². The SMILES string of the molecule is COc1cccc(CN2CC(c3noc(-c4cccc(N(C)C)c4)n3)CC2=O)c1. The summed E-state index contributed by atoms with van der Waals surface area (Å²) in [5.41, 5.74) is 2.96. The highest BCUT2D eigenvalue weighted by molar-refractivity contribution is 5.79. The molecule has 1 amide bonds. The van der Waals surface area contributed by atoms with Crippen LogP contribution in [0.15, 0.2) is 53.1 Å². The lowest BCUT2D eigenvalue weighted by atomic mass is 10.1. The number of hydrogen-bond donors (Lipinski definition) is 0. The molecule has 1 aromatic heterocycles. The summed E-state index contributed by atoms with van der Waals surface area (Å²) >= 11 is 0. The molecule has 1 fully saturated rings. The summed E-state index contributed by atoms with van der Waals surface area (Å²) < 4.78 is 10.8. The van der Waals surface area contributed by atoms with E-state index in [1.165, 1.54) is 0 Å². The van der Waals surface area contributed by atoms with Crippen LogP contribution >= 0.6 is 0 Å². The van der Waals surface area contributed by atoms with Gasteiger partial charge in [-0.25, -0.2) is 0 Å².